The third-order valence-corrected chi connectivity index (χ3v) is 4.03. The summed E-state index contributed by atoms with van der Waals surface area (Å²) in [6.07, 6.45) is 6.25. The zero-order valence-electron chi connectivity index (χ0n) is 12.7. The zero-order chi connectivity index (χ0) is 14.4. The van der Waals surface area contributed by atoms with Gasteiger partial charge in [-0.2, -0.15) is 0 Å². The van der Waals surface area contributed by atoms with Crippen LogP contribution in [0.15, 0.2) is 12.1 Å². The summed E-state index contributed by atoms with van der Waals surface area (Å²) in [4.78, 5) is 7.23. The number of hydrogen-bond donors (Lipinski definition) is 1. The van der Waals surface area contributed by atoms with Gasteiger partial charge in [0.1, 0.15) is 5.82 Å². The second-order valence-corrected chi connectivity index (χ2v) is 6.01. The van der Waals surface area contributed by atoms with E-state index in [1.54, 1.807) is 0 Å². The molecule has 3 nitrogen and oxygen atoms in total. The molecule has 1 aliphatic rings. The van der Waals surface area contributed by atoms with Crippen molar-refractivity contribution in [2.45, 2.75) is 58.5 Å². The average molecular weight is 296 g/mol. The number of anilines is 1. The number of nitrogens with one attached hydrogen (secondary N) is 1. The summed E-state index contributed by atoms with van der Waals surface area (Å²) in [6, 6.07) is 4.69. The van der Waals surface area contributed by atoms with Crippen molar-refractivity contribution < 1.29 is 0 Å². The lowest BCUT2D eigenvalue weighted by molar-refractivity contribution is 0.248. The molecule has 0 unspecified atom stereocenters. The Labute approximate surface area is 127 Å². The molecular formula is C16H26ClN3. The minimum Gasteiger partial charge on any atom is -0.370 e. The van der Waals surface area contributed by atoms with Crippen molar-refractivity contribution in [3.05, 3.63) is 22.8 Å². The zero-order valence-corrected chi connectivity index (χ0v) is 13.4. The SMILES string of the molecule is CCCCN(Cc1nc(NCCC)ccc1Cl)C1CC1. The Bertz CT molecular complexity index is 418. The Hall–Kier alpha value is -0.800. The monoisotopic (exact) mass is 295 g/mol. The van der Waals surface area contributed by atoms with Crippen LogP contribution in [0.3, 0.4) is 0 Å². The summed E-state index contributed by atoms with van der Waals surface area (Å²) in [5.74, 6) is 0.942. The first-order valence-electron chi connectivity index (χ1n) is 7.88. The Morgan fingerprint density at radius 3 is 2.75 bits per heavy atom. The van der Waals surface area contributed by atoms with Gasteiger partial charge >= 0.3 is 0 Å². The smallest absolute Gasteiger partial charge is 0.126 e. The van der Waals surface area contributed by atoms with Crippen molar-refractivity contribution >= 4 is 17.4 Å². The van der Waals surface area contributed by atoms with Crippen molar-refractivity contribution in [3.8, 4) is 0 Å². The summed E-state index contributed by atoms with van der Waals surface area (Å²) in [5, 5.41) is 4.12. The van der Waals surface area contributed by atoms with E-state index >= 15 is 0 Å². The van der Waals surface area contributed by atoms with Gasteiger partial charge in [-0.3, -0.25) is 4.90 Å². The highest BCUT2D eigenvalue weighted by molar-refractivity contribution is 6.31. The molecule has 1 aromatic heterocycles. The van der Waals surface area contributed by atoms with Gasteiger partial charge in [-0.05, 0) is 44.4 Å². The van der Waals surface area contributed by atoms with E-state index in [0.29, 0.717) is 0 Å². The van der Waals surface area contributed by atoms with Crippen LogP contribution >= 0.6 is 11.6 Å². The van der Waals surface area contributed by atoms with Gasteiger partial charge in [0, 0.05) is 19.1 Å². The van der Waals surface area contributed by atoms with E-state index in [1.165, 1.54) is 25.7 Å². The molecule has 1 fully saturated rings. The normalized spacial score (nSPS) is 14.8. The largest absolute Gasteiger partial charge is 0.370 e. The topological polar surface area (TPSA) is 28.2 Å². The molecule has 1 heterocycles. The fraction of sp³-hybridized carbons (Fsp3) is 0.688. The number of pyridine rings is 1. The Morgan fingerprint density at radius 1 is 1.30 bits per heavy atom. The van der Waals surface area contributed by atoms with Gasteiger partial charge in [0.25, 0.3) is 0 Å². The molecule has 0 aliphatic heterocycles. The Kier molecular flexibility index (Phi) is 6.11. The first-order valence-corrected chi connectivity index (χ1v) is 8.25. The van der Waals surface area contributed by atoms with E-state index in [9.17, 15) is 0 Å². The number of unbranched alkanes of at least 4 members (excludes halogenated alkanes) is 1. The van der Waals surface area contributed by atoms with E-state index in [1.807, 2.05) is 12.1 Å². The Balaban J connectivity index is 2.01. The van der Waals surface area contributed by atoms with Crippen LogP contribution in [-0.4, -0.2) is 29.0 Å². The van der Waals surface area contributed by atoms with Crippen molar-refractivity contribution in [1.29, 1.82) is 0 Å². The molecule has 20 heavy (non-hydrogen) atoms. The molecule has 0 saturated heterocycles. The third-order valence-electron chi connectivity index (χ3n) is 3.69. The molecule has 1 aliphatic carbocycles. The summed E-state index contributed by atoms with van der Waals surface area (Å²) in [7, 11) is 0. The summed E-state index contributed by atoms with van der Waals surface area (Å²) in [6.45, 7) is 7.39. The quantitative estimate of drug-likeness (QED) is 0.735. The van der Waals surface area contributed by atoms with Crippen LogP contribution in [0.5, 0.6) is 0 Å². The minimum absolute atomic E-state index is 0.756. The average Bonchev–Trinajstić information content (AvgIpc) is 3.28. The first-order chi connectivity index (χ1) is 9.74. The molecule has 0 radical (unpaired) electrons. The molecule has 2 rings (SSSR count). The minimum atomic E-state index is 0.756. The first kappa shape index (κ1) is 15.6. The van der Waals surface area contributed by atoms with Crippen LogP contribution in [0, 0.1) is 0 Å². The standard InChI is InChI=1S/C16H26ClN3/c1-3-5-11-20(13-6-7-13)12-15-14(17)8-9-16(19-15)18-10-4-2/h8-9,13H,3-7,10-12H2,1-2H3,(H,18,19). The number of hydrogen-bond acceptors (Lipinski definition) is 3. The molecule has 0 amide bonds. The molecule has 0 aromatic carbocycles. The van der Waals surface area contributed by atoms with Crippen LogP contribution in [0.2, 0.25) is 5.02 Å². The van der Waals surface area contributed by atoms with Gasteiger partial charge in [-0.25, -0.2) is 4.98 Å². The second-order valence-electron chi connectivity index (χ2n) is 5.61. The lowest BCUT2D eigenvalue weighted by Gasteiger charge is -2.22. The molecule has 1 N–H and O–H groups in total. The van der Waals surface area contributed by atoms with Gasteiger partial charge in [-0.15, -0.1) is 0 Å². The van der Waals surface area contributed by atoms with E-state index in [-0.39, 0.29) is 0 Å². The molecule has 0 atom stereocenters. The van der Waals surface area contributed by atoms with Gasteiger partial charge in [0.15, 0.2) is 0 Å². The number of nitrogens with zero attached hydrogens (tertiary/aromatic N) is 2. The van der Waals surface area contributed by atoms with E-state index in [2.05, 4.69) is 29.0 Å². The van der Waals surface area contributed by atoms with E-state index in [0.717, 1.165) is 48.6 Å². The van der Waals surface area contributed by atoms with Gasteiger partial charge in [0.05, 0.1) is 10.7 Å². The molecular weight excluding hydrogens is 270 g/mol. The molecule has 4 heteroatoms. The highest BCUT2D eigenvalue weighted by Gasteiger charge is 2.29. The molecule has 1 aromatic rings. The summed E-state index contributed by atoms with van der Waals surface area (Å²) >= 11 is 6.32. The molecule has 112 valence electrons. The van der Waals surface area contributed by atoms with Crippen molar-refractivity contribution in [2.24, 2.45) is 0 Å². The van der Waals surface area contributed by atoms with Crippen molar-refractivity contribution in [2.75, 3.05) is 18.4 Å². The van der Waals surface area contributed by atoms with Gasteiger partial charge in [0.2, 0.25) is 0 Å². The predicted molar refractivity (Wildman–Crippen MR) is 86.4 cm³/mol. The van der Waals surface area contributed by atoms with Crippen LogP contribution < -0.4 is 5.32 Å². The summed E-state index contributed by atoms with van der Waals surface area (Å²) < 4.78 is 0. The number of halogens is 1. The predicted octanol–water partition coefficient (Wildman–Crippen LogP) is 4.32. The number of rotatable bonds is 9. The number of aromatic nitrogens is 1. The molecule has 1 saturated carbocycles. The van der Waals surface area contributed by atoms with Crippen LogP contribution in [-0.2, 0) is 6.54 Å². The van der Waals surface area contributed by atoms with Crippen molar-refractivity contribution in [3.63, 3.8) is 0 Å². The second kappa shape index (κ2) is 7.84. The van der Waals surface area contributed by atoms with E-state index in [4.69, 9.17) is 11.6 Å². The maximum absolute atomic E-state index is 6.32. The van der Waals surface area contributed by atoms with Gasteiger partial charge < -0.3 is 5.32 Å². The van der Waals surface area contributed by atoms with Crippen LogP contribution in [0.1, 0.15) is 51.6 Å². The van der Waals surface area contributed by atoms with Crippen LogP contribution in [0.25, 0.3) is 0 Å². The molecule has 0 bridgehead atoms. The Morgan fingerprint density at radius 2 is 2.10 bits per heavy atom. The third kappa shape index (κ3) is 4.64. The highest BCUT2D eigenvalue weighted by atomic mass is 35.5. The lowest BCUT2D eigenvalue weighted by Crippen LogP contribution is -2.27. The summed E-state index contributed by atoms with van der Waals surface area (Å²) in [5.41, 5.74) is 1.01. The fourth-order valence-electron chi connectivity index (χ4n) is 2.33. The highest BCUT2D eigenvalue weighted by Crippen LogP contribution is 2.29. The maximum Gasteiger partial charge on any atom is 0.126 e. The van der Waals surface area contributed by atoms with E-state index < -0.39 is 0 Å². The van der Waals surface area contributed by atoms with Crippen LogP contribution in [0.4, 0.5) is 5.82 Å². The maximum atomic E-state index is 6.32. The lowest BCUT2D eigenvalue weighted by atomic mass is 10.2. The van der Waals surface area contributed by atoms with Gasteiger partial charge in [-0.1, -0.05) is 31.9 Å². The van der Waals surface area contributed by atoms with Crippen molar-refractivity contribution in [1.82, 2.24) is 9.88 Å². The fourth-order valence-corrected chi connectivity index (χ4v) is 2.50. The molecule has 0 spiro atoms.